The van der Waals surface area contributed by atoms with E-state index in [2.05, 4.69) is 10.3 Å². The van der Waals surface area contributed by atoms with Gasteiger partial charge in [-0.25, -0.2) is 4.68 Å². The first-order valence-corrected chi connectivity index (χ1v) is 12.2. The molecule has 0 spiro atoms. The fourth-order valence-corrected chi connectivity index (χ4v) is 4.20. The Morgan fingerprint density at radius 3 is 2.58 bits per heavy atom. The minimum Gasteiger partial charge on any atom is -0.491 e. The zero-order valence-electron chi connectivity index (χ0n) is 20.3. The molecule has 12 heteroatoms. The number of carbonyl (C=O) groups is 2. The summed E-state index contributed by atoms with van der Waals surface area (Å²) in [4.78, 5) is 37.2. The molecule has 1 N–H and O–H groups in total. The number of fused-ring (bicyclic) bond motifs is 1. The van der Waals surface area contributed by atoms with Crippen molar-refractivity contribution in [2.45, 2.75) is 50.9 Å². The van der Waals surface area contributed by atoms with E-state index in [1.807, 2.05) is 0 Å². The molecule has 1 saturated heterocycles. The number of benzene rings is 2. The van der Waals surface area contributed by atoms with Crippen molar-refractivity contribution in [3.63, 3.8) is 0 Å². The van der Waals surface area contributed by atoms with Crippen molar-refractivity contribution >= 4 is 22.7 Å². The average Bonchev–Trinajstić information content (AvgIpc) is 2.90. The fourth-order valence-electron chi connectivity index (χ4n) is 4.20. The van der Waals surface area contributed by atoms with Crippen LogP contribution >= 0.6 is 0 Å². The summed E-state index contributed by atoms with van der Waals surface area (Å²) in [6.07, 6.45) is -2.03. The number of aryl methyl sites for hydroxylation is 1. The zero-order valence-corrected chi connectivity index (χ0v) is 20.3. The molecule has 3 aromatic rings. The highest BCUT2D eigenvalue weighted by atomic mass is 19.4. The molecule has 1 aromatic heterocycles. The van der Waals surface area contributed by atoms with Gasteiger partial charge in [0.15, 0.2) is 5.78 Å². The predicted octanol–water partition coefficient (Wildman–Crippen LogP) is 4.12. The molecule has 1 aliphatic heterocycles. The normalized spacial score (nSPS) is 16.8. The van der Waals surface area contributed by atoms with Crippen molar-refractivity contribution in [1.29, 1.82) is 0 Å². The van der Waals surface area contributed by atoms with Crippen molar-refractivity contribution in [2.75, 3.05) is 13.2 Å². The molecule has 1 aliphatic rings. The topological polar surface area (TPSA) is 121 Å². The number of hydrogen-bond donors (Lipinski definition) is 1. The summed E-state index contributed by atoms with van der Waals surface area (Å²) in [5, 5.41) is 16.8. The molecule has 38 heavy (non-hydrogen) atoms. The minimum atomic E-state index is -4.64. The smallest absolute Gasteiger partial charge is 0.416 e. The van der Waals surface area contributed by atoms with Gasteiger partial charge in [0.05, 0.1) is 23.0 Å². The van der Waals surface area contributed by atoms with E-state index in [1.165, 1.54) is 0 Å². The van der Waals surface area contributed by atoms with Crippen LogP contribution in [0.3, 0.4) is 0 Å². The number of hydrogen-bond acceptors (Lipinski definition) is 7. The second kappa shape index (κ2) is 11.7. The lowest BCUT2D eigenvalue weighted by Crippen LogP contribution is -2.28. The molecule has 1 fully saturated rings. The molecule has 0 radical (unpaired) electrons. The van der Waals surface area contributed by atoms with Gasteiger partial charge in [-0.3, -0.25) is 14.4 Å². The van der Waals surface area contributed by atoms with Gasteiger partial charge in [-0.2, -0.15) is 13.2 Å². The summed E-state index contributed by atoms with van der Waals surface area (Å²) in [6, 6.07) is 8.91. The molecule has 202 valence electrons. The Labute approximate surface area is 215 Å². The number of nitrogens with zero attached hydrogens (tertiary/aromatic N) is 3. The second-order valence-electron chi connectivity index (χ2n) is 9.12. The number of ether oxygens (including phenoxy) is 2. The highest BCUT2D eigenvalue weighted by Crippen LogP contribution is 2.30. The molecule has 4 rings (SSSR count). The molecular weight excluding hydrogens is 507 g/mol. The van der Waals surface area contributed by atoms with E-state index in [9.17, 15) is 32.7 Å². The van der Waals surface area contributed by atoms with Crippen molar-refractivity contribution in [1.82, 2.24) is 15.0 Å². The summed E-state index contributed by atoms with van der Waals surface area (Å²) in [5.41, 5.74) is -1.54. The van der Waals surface area contributed by atoms with Crippen LogP contribution in [0.1, 0.15) is 48.0 Å². The number of aromatic nitrogens is 3. The van der Waals surface area contributed by atoms with Crippen LogP contribution in [0, 0.1) is 5.92 Å². The van der Waals surface area contributed by atoms with Crippen LogP contribution in [-0.2, 0) is 22.3 Å². The molecule has 2 unspecified atom stereocenters. The van der Waals surface area contributed by atoms with Crippen LogP contribution in [0.5, 0.6) is 5.75 Å². The third-order valence-electron chi connectivity index (χ3n) is 6.41. The predicted molar refractivity (Wildman–Crippen MR) is 129 cm³/mol. The number of halogens is 3. The van der Waals surface area contributed by atoms with Crippen LogP contribution in [-0.4, -0.2) is 51.2 Å². The van der Waals surface area contributed by atoms with Crippen LogP contribution in [0.25, 0.3) is 10.9 Å². The number of carboxylic acids is 1. The maximum Gasteiger partial charge on any atom is 0.416 e. The molecule has 9 nitrogen and oxygen atoms in total. The minimum absolute atomic E-state index is 0.0112. The van der Waals surface area contributed by atoms with Gasteiger partial charge in [0, 0.05) is 25.1 Å². The Bertz CT molecular complexity index is 1350. The van der Waals surface area contributed by atoms with Gasteiger partial charge >= 0.3 is 12.1 Å². The van der Waals surface area contributed by atoms with Crippen LogP contribution in [0.4, 0.5) is 13.2 Å². The largest absolute Gasteiger partial charge is 0.491 e. The highest BCUT2D eigenvalue weighted by Gasteiger charge is 2.31. The van der Waals surface area contributed by atoms with Gasteiger partial charge in [0.1, 0.15) is 17.9 Å². The molecule has 0 saturated carbocycles. The number of carboxylic acid groups (broad SMARTS) is 1. The Morgan fingerprint density at radius 1 is 1.16 bits per heavy atom. The number of rotatable bonds is 10. The molecule has 2 heterocycles. The van der Waals surface area contributed by atoms with E-state index >= 15 is 0 Å². The monoisotopic (exact) mass is 533 g/mol. The lowest BCUT2D eigenvalue weighted by molar-refractivity contribution is -0.142. The van der Waals surface area contributed by atoms with Gasteiger partial charge in [-0.1, -0.05) is 5.21 Å². The second-order valence-corrected chi connectivity index (χ2v) is 9.12. The average molecular weight is 534 g/mol. The lowest BCUT2D eigenvalue weighted by atomic mass is 9.95. The first-order chi connectivity index (χ1) is 18.1. The van der Waals surface area contributed by atoms with E-state index < -0.39 is 35.0 Å². The zero-order chi connectivity index (χ0) is 27.3. The Hall–Kier alpha value is -3.80. The van der Waals surface area contributed by atoms with E-state index in [4.69, 9.17) is 9.47 Å². The summed E-state index contributed by atoms with van der Waals surface area (Å²) < 4.78 is 51.3. The molecule has 0 aliphatic carbocycles. The van der Waals surface area contributed by atoms with Crippen molar-refractivity contribution < 1.29 is 37.3 Å². The van der Waals surface area contributed by atoms with Gasteiger partial charge in [0.25, 0.3) is 5.56 Å². The maximum absolute atomic E-state index is 13.0. The summed E-state index contributed by atoms with van der Waals surface area (Å²) in [5.74, 6) is -2.24. The van der Waals surface area contributed by atoms with Gasteiger partial charge in [0.2, 0.25) is 0 Å². The van der Waals surface area contributed by atoms with Crippen molar-refractivity contribution in [2.24, 2.45) is 5.92 Å². The van der Waals surface area contributed by atoms with Crippen LogP contribution in [0.2, 0.25) is 0 Å². The maximum atomic E-state index is 13.0. The Balaban J connectivity index is 1.38. The van der Waals surface area contributed by atoms with E-state index in [0.717, 1.165) is 36.1 Å². The summed E-state index contributed by atoms with van der Waals surface area (Å²) >= 11 is 0. The first-order valence-electron chi connectivity index (χ1n) is 12.2. The van der Waals surface area contributed by atoms with Gasteiger partial charge in [-0.15, -0.1) is 5.10 Å². The Kier molecular flexibility index (Phi) is 8.40. The SMILES string of the molecule is O=C(CC(CCn1nnc2ccc(C(F)(F)F)cc2c1=O)C(=O)O)c1ccc(OCC2CCCCO2)cc1. The van der Waals surface area contributed by atoms with Gasteiger partial charge < -0.3 is 14.6 Å². The number of aliphatic carboxylic acids is 1. The van der Waals surface area contributed by atoms with Crippen LogP contribution < -0.4 is 10.3 Å². The van der Waals surface area contributed by atoms with Gasteiger partial charge in [-0.05, 0) is 68.1 Å². The Morgan fingerprint density at radius 2 is 1.92 bits per heavy atom. The molecule has 2 aromatic carbocycles. The van der Waals surface area contributed by atoms with E-state index in [-0.39, 0.29) is 36.4 Å². The third-order valence-corrected chi connectivity index (χ3v) is 6.41. The first kappa shape index (κ1) is 27.2. The molecule has 0 bridgehead atoms. The number of carbonyl (C=O) groups excluding carboxylic acids is 1. The van der Waals surface area contributed by atoms with Crippen molar-refractivity contribution in [3.8, 4) is 5.75 Å². The summed E-state index contributed by atoms with van der Waals surface area (Å²) in [6.45, 7) is 0.883. The number of ketones is 1. The summed E-state index contributed by atoms with van der Waals surface area (Å²) in [7, 11) is 0. The standard InChI is InChI=1S/C26H26F3N3O6/c27-26(28,29)18-6-9-22-21(14-18)24(34)32(31-30-22)11-10-17(25(35)36)13-23(33)16-4-7-19(8-5-16)38-15-20-3-1-2-12-37-20/h4-9,14,17,20H,1-3,10-13,15H2,(H,35,36). The van der Waals surface area contributed by atoms with Crippen molar-refractivity contribution in [3.05, 3.63) is 63.9 Å². The quantitative estimate of drug-likeness (QED) is 0.387. The molecule has 2 atom stereocenters. The lowest BCUT2D eigenvalue weighted by Gasteiger charge is -2.22. The number of Topliss-reactive ketones (excluding diaryl/α,β-unsaturated/α-hetero) is 1. The third kappa shape index (κ3) is 6.74. The van der Waals surface area contributed by atoms with E-state index in [0.29, 0.717) is 30.6 Å². The highest BCUT2D eigenvalue weighted by molar-refractivity contribution is 5.98. The van der Waals surface area contributed by atoms with Crippen LogP contribution in [0.15, 0.2) is 47.3 Å². The molecule has 0 amide bonds. The number of alkyl halides is 3. The molecular formula is C26H26F3N3O6. The van der Waals surface area contributed by atoms with E-state index in [1.54, 1.807) is 24.3 Å². The fraction of sp³-hybridized carbons (Fsp3) is 0.423.